The van der Waals surface area contributed by atoms with E-state index in [2.05, 4.69) is 26.1 Å². The highest BCUT2D eigenvalue weighted by Gasteiger charge is 2.31. The Morgan fingerprint density at radius 2 is 2.10 bits per heavy atom. The van der Waals surface area contributed by atoms with Gasteiger partial charge in [-0.15, -0.1) is 0 Å². The van der Waals surface area contributed by atoms with Gasteiger partial charge >= 0.3 is 0 Å². The van der Waals surface area contributed by atoms with Gasteiger partial charge in [-0.3, -0.25) is 4.79 Å². The molecule has 0 spiro atoms. The van der Waals surface area contributed by atoms with Gasteiger partial charge in [0.2, 0.25) is 5.91 Å². The quantitative estimate of drug-likeness (QED) is 0.673. The zero-order chi connectivity index (χ0) is 15.0. The number of aliphatic hydroxyl groups is 1. The van der Waals surface area contributed by atoms with E-state index in [4.69, 9.17) is 9.84 Å². The predicted octanol–water partition coefficient (Wildman–Crippen LogP) is 2.35. The number of amides is 1. The number of aliphatic hydroxyl groups excluding tert-OH is 1. The Morgan fingerprint density at radius 1 is 1.35 bits per heavy atom. The van der Waals surface area contributed by atoms with Gasteiger partial charge in [-0.25, -0.2) is 0 Å². The van der Waals surface area contributed by atoms with Gasteiger partial charge < -0.3 is 15.2 Å². The van der Waals surface area contributed by atoms with Crippen molar-refractivity contribution in [2.75, 3.05) is 19.8 Å². The van der Waals surface area contributed by atoms with Crippen LogP contribution in [0.2, 0.25) is 0 Å². The van der Waals surface area contributed by atoms with Gasteiger partial charge in [0.05, 0.1) is 6.10 Å². The summed E-state index contributed by atoms with van der Waals surface area (Å²) in [5, 5.41) is 11.5. The molecule has 20 heavy (non-hydrogen) atoms. The van der Waals surface area contributed by atoms with Crippen LogP contribution in [0.4, 0.5) is 0 Å². The molecule has 1 aliphatic rings. The summed E-state index contributed by atoms with van der Waals surface area (Å²) in [6.45, 7) is 7.72. The molecule has 0 aromatic heterocycles. The van der Waals surface area contributed by atoms with Crippen molar-refractivity contribution < 1.29 is 14.6 Å². The maximum absolute atomic E-state index is 11.7. The van der Waals surface area contributed by atoms with E-state index in [0.29, 0.717) is 24.3 Å². The lowest BCUT2D eigenvalue weighted by Gasteiger charge is -2.37. The Hall–Kier alpha value is -0.610. The topological polar surface area (TPSA) is 58.6 Å². The van der Waals surface area contributed by atoms with E-state index >= 15 is 0 Å². The van der Waals surface area contributed by atoms with Crippen LogP contribution < -0.4 is 5.32 Å². The van der Waals surface area contributed by atoms with Gasteiger partial charge in [-0.1, -0.05) is 27.2 Å². The second-order valence-corrected chi connectivity index (χ2v) is 6.46. The van der Waals surface area contributed by atoms with Gasteiger partial charge in [-0.05, 0) is 43.4 Å². The minimum Gasteiger partial charge on any atom is -0.396 e. The third-order valence-corrected chi connectivity index (χ3v) is 4.30. The Morgan fingerprint density at radius 3 is 2.75 bits per heavy atom. The molecule has 1 aliphatic carbocycles. The Bertz CT molecular complexity index is 281. The largest absolute Gasteiger partial charge is 0.396 e. The molecule has 0 radical (unpaired) electrons. The predicted molar refractivity (Wildman–Crippen MR) is 80.4 cm³/mol. The minimum absolute atomic E-state index is 0.0383. The molecule has 0 heterocycles. The molecule has 1 fully saturated rings. The van der Waals surface area contributed by atoms with Gasteiger partial charge in [0.25, 0.3) is 0 Å². The molecule has 1 rings (SSSR count). The van der Waals surface area contributed by atoms with Crippen molar-refractivity contribution in [1.29, 1.82) is 0 Å². The van der Waals surface area contributed by atoms with E-state index in [9.17, 15) is 4.79 Å². The molecule has 1 amide bonds. The number of hydrogen-bond acceptors (Lipinski definition) is 3. The van der Waals surface area contributed by atoms with Crippen LogP contribution in [0.15, 0.2) is 0 Å². The second-order valence-electron chi connectivity index (χ2n) is 6.46. The first kappa shape index (κ1) is 17.4. The fourth-order valence-corrected chi connectivity index (χ4v) is 3.00. The maximum atomic E-state index is 11.7. The monoisotopic (exact) mass is 285 g/mol. The first-order valence-electron chi connectivity index (χ1n) is 8.03. The number of hydrogen-bond donors (Lipinski definition) is 2. The van der Waals surface area contributed by atoms with Crippen LogP contribution in [-0.4, -0.2) is 36.9 Å². The maximum Gasteiger partial charge on any atom is 0.246 e. The van der Waals surface area contributed by atoms with E-state index in [0.717, 1.165) is 19.3 Å². The highest BCUT2D eigenvalue weighted by molar-refractivity contribution is 5.77. The summed E-state index contributed by atoms with van der Waals surface area (Å²) in [7, 11) is 0. The highest BCUT2D eigenvalue weighted by atomic mass is 16.5. The molecule has 0 unspecified atom stereocenters. The van der Waals surface area contributed by atoms with Crippen molar-refractivity contribution in [2.45, 2.75) is 59.0 Å². The number of carbonyl (C=O) groups excluding carboxylic acids is 1. The number of rotatable bonds is 8. The molecule has 3 atom stereocenters. The van der Waals surface area contributed by atoms with E-state index in [1.807, 2.05) is 0 Å². The molecule has 4 heteroatoms. The summed E-state index contributed by atoms with van der Waals surface area (Å²) in [6, 6.07) is 0. The fourth-order valence-electron chi connectivity index (χ4n) is 3.00. The fraction of sp³-hybridized carbons (Fsp3) is 0.938. The van der Waals surface area contributed by atoms with Gasteiger partial charge in [0.15, 0.2) is 0 Å². The van der Waals surface area contributed by atoms with Crippen molar-refractivity contribution in [3.05, 3.63) is 0 Å². The van der Waals surface area contributed by atoms with Gasteiger partial charge in [0.1, 0.15) is 6.61 Å². The third-order valence-electron chi connectivity index (χ3n) is 4.30. The molecular weight excluding hydrogens is 254 g/mol. The average Bonchev–Trinajstić information content (AvgIpc) is 2.41. The van der Waals surface area contributed by atoms with Crippen LogP contribution in [0.3, 0.4) is 0 Å². The average molecular weight is 285 g/mol. The lowest BCUT2D eigenvalue weighted by molar-refractivity contribution is -0.131. The lowest BCUT2D eigenvalue weighted by atomic mass is 9.75. The van der Waals surface area contributed by atoms with Crippen LogP contribution in [-0.2, 0) is 9.53 Å². The molecular formula is C16H31NO3. The molecule has 1 saturated carbocycles. The Balaban J connectivity index is 2.28. The van der Waals surface area contributed by atoms with Crippen molar-refractivity contribution in [1.82, 2.24) is 5.32 Å². The minimum atomic E-state index is -0.0383. The first-order chi connectivity index (χ1) is 9.54. The summed E-state index contributed by atoms with van der Waals surface area (Å²) in [6.07, 6.45) is 5.33. The summed E-state index contributed by atoms with van der Waals surface area (Å²) >= 11 is 0. The zero-order valence-corrected chi connectivity index (χ0v) is 13.2. The number of nitrogens with one attached hydrogen (secondary N) is 1. The van der Waals surface area contributed by atoms with E-state index < -0.39 is 0 Å². The second kappa shape index (κ2) is 9.35. The molecule has 0 bridgehead atoms. The summed E-state index contributed by atoms with van der Waals surface area (Å²) in [5.74, 6) is 1.85. The van der Waals surface area contributed by atoms with Crippen molar-refractivity contribution in [3.8, 4) is 0 Å². The molecule has 0 saturated heterocycles. The van der Waals surface area contributed by atoms with Gasteiger partial charge in [0, 0.05) is 13.2 Å². The van der Waals surface area contributed by atoms with Crippen molar-refractivity contribution in [2.24, 2.45) is 17.8 Å². The van der Waals surface area contributed by atoms with Gasteiger partial charge in [-0.2, -0.15) is 0 Å². The van der Waals surface area contributed by atoms with E-state index in [1.54, 1.807) is 0 Å². The molecule has 4 nitrogen and oxygen atoms in total. The third kappa shape index (κ3) is 6.23. The lowest BCUT2D eigenvalue weighted by Crippen LogP contribution is -2.37. The summed E-state index contributed by atoms with van der Waals surface area (Å²) < 4.78 is 5.88. The van der Waals surface area contributed by atoms with E-state index in [1.165, 1.54) is 12.8 Å². The van der Waals surface area contributed by atoms with Crippen LogP contribution in [0.25, 0.3) is 0 Å². The Labute approximate surface area is 123 Å². The number of unbranched alkanes of at least 4 members (excludes halogenated alkanes) is 1. The van der Waals surface area contributed by atoms with Crippen LogP contribution in [0.5, 0.6) is 0 Å². The molecule has 0 aromatic carbocycles. The molecule has 2 N–H and O–H groups in total. The van der Waals surface area contributed by atoms with E-state index in [-0.39, 0.29) is 25.2 Å². The van der Waals surface area contributed by atoms with Crippen LogP contribution in [0.1, 0.15) is 52.9 Å². The van der Waals surface area contributed by atoms with Crippen LogP contribution >= 0.6 is 0 Å². The summed E-state index contributed by atoms with van der Waals surface area (Å²) in [4.78, 5) is 11.7. The zero-order valence-electron chi connectivity index (χ0n) is 13.2. The molecule has 118 valence electrons. The SMILES string of the molecule is CC(C)[C@@H]1CC[C@@H](C)C[C@H]1OCC(=O)NCCCCO. The Kier molecular flexibility index (Phi) is 8.15. The van der Waals surface area contributed by atoms with Crippen molar-refractivity contribution >= 4 is 5.91 Å². The molecule has 0 aliphatic heterocycles. The standard InChI is InChI=1S/C16H31NO3/c1-12(2)14-7-6-13(3)10-15(14)20-11-16(19)17-8-4-5-9-18/h12-15,18H,4-11H2,1-3H3,(H,17,19)/t13-,14+,15-/m1/s1. The smallest absolute Gasteiger partial charge is 0.246 e. The number of ether oxygens (including phenoxy) is 1. The first-order valence-corrected chi connectivity index (χ1v) is 8.03. The molecule has 0 aromatic rings. The normalized spacial score (nSPS) is 26.8. The number of carbonyl (C=O) groups is 1. The van der Waals surface area contributed by atoms with Crippen molar-refractivity contribution in [3.63, 3.8) is 0 Å². The summed E-state index contributed by atoms with van der Waals surface area (Å²) in [5.41, 5.74) is 0. The van der Waals surface area contributed by atoms with Crippen LogP contribution in [0, 0.1) is 17.8 Å². The highest BCUT2D eigenvalue weighted by Crippen LogP contribution is 2.35.